The number of urea groups is 1. The summed E-state index contributed by atoms with van der Waals surface area (Å²) in [5.74, 6) is 0.958. The molecule has 2 aliphatic heterocycles. The SMILES string of the molecule is CCOC(=O)c1ccccc1NC(=O)N1CCC(C2CCN(C(=O)c3c(-c4ccccc4Cl)noc3C)CC2)CC1. The molecule has 0 aliphatic carbocycles. The molecule has 3 aromatic rings. The predicted octanol–water partition coefficient (Wildman–Crippen LogP) is 6.28. The molecule has 10 heteroatoms. The molecule has 2 aromatic carbocycles. The van der Waals surface area contributed by atoms with Crippen LogP contribution in [0.3, 0.4) is 0 Å². The second-order valence-electron chi connectivity index (χ2n) is 10.6. The van der Waals surface area contributed by atoms with Crippen LogP contribution in [0.2, 0.25) is 5.02 Å². The lowest BCUT2D eigenvalue weighted by molar-refractivity contribution is 0.0526. The number of aryl methyl sites for hydroxylation is 1. The van der Waals surface area contributed by atoms with E-state index < -0.39 is 5.97 Å². The van der Waals surface area contributed by atoms with Crippen molar-refractivity contribution in [2.75, 3.05) is 38.1 Å². The number of piperidine rings is 2. The molecule has 5 rings (SSSR count). The van der Waals surface area contributed by atoms with Crippen LogP contribution < -0.4 is 5.32 Å². The molecule has 0 saturated carbocycles. The van der Waals surface area contributed by atoms with Crippen LogP contribution in [0.25, 0.3) is 11.3 Å². The molecule has 3 heterocycles. The van der Waals surface area contributed by atoms with E-state index in [9.17, 15) is 14.4 Å². The van der Waals surface area contributed by atoms with Crippen molar-refractivity contribution in [2.45, 2.75) is 39.5 Å². The van der Waals surface area contributed by atoms with Gasteiger partial charge in [0, 0.05) is 31.7 Å². The molecule has 41 heavy (non-hydrogen) atoms. The fraction of sp³-hybridized carbons (Fsp3) is 0.419. The van der Waals surface area contributed by atoms with Crippen molar-refractivity contribution in [2.24, 2.45) is 11.8 Å². The number of hydrogen-bond acceptors (Lipinski definition) is 6. The Bertz CT molecular complexity index is 1410. The van der Waals surface area contributed by atoms with Gasteiger partial charge < -0.3 is 24.4 Å². The standard InChI is InChI=1S/C31H35ClN4O5/c1-3-40-30(38)24-9-5-7-11-26(24)33-31(39)36-18-14-22(15-19-36)21-12-16-35(17-13-21)29(37)27-20(2)41-34-28(27)23-8-4-6-10-25(23)32/h4-11,21-22H,3,12-19H2,1-2H3,(H,33,39). The Morgan fingerprint density at radius 1 is 0.951 bits per heavy atom. The molecule has 0 unspecified atom stereocenters. The number of anilines is 1. The van der Waals surface area contributed by atoms with Crippen LogP contribution in [0.1, 0.15) is 59.1 Å². The lowest BCUT2D eigenvalue weighted by atomic mass is 9.78. The fourth-order valence-corrected chi connectivity index (χ4v) is 6.17. The monoisotopic (exact) mass is 578 g/mol. The highest BCUT2D eigenvalue weighted by atomic mass is 35.5. The number of nitrogens with one attached hydrogen (secondary N) is 1. The van der Waals surface area contributed by atoms with E-state index in [4.69, 9.17) is 20.9 Å². The van der Waals surface area contributed by atoms with Gasteiger partial charge >= 0.3 is 12.0 Å². The average molecular weight is 579 g/mol. The number of halogens is 1. The summed E-state index contributed by atoms with van der Waals surface area (Å²) in [7, 11) is 0. The first kappa shape index (κ1) is 28.7. The van der Waals surface area contributed by atoms with Crippen molar-refractivity contribution in [3.63, 3.8) is 0 Å². The number of hydrogen-bond donors (Lipinski definition) is 1. The van der Waals surface area contributed by atoms with Crippen molar-refractivity contribution in [1.82, 2.24) is 15.0 Å². The Balaban J connectivity index is 1.14. The molecule has 1 N–H and O–H groups in total. The van der Waals surface area contributed by atoms with Crippen LogP contribution in [0.5, 0.6) is 0 Å². The Kier molecular flexibility index (Phi) is 8.93. The normalized spacial score (nSPS) is 16.5. The third-order valence-electron chi connectivity index (χ3n) is 8.19. The number of esters is 1. The number of para-hydroxylation sites is 1. The summed E-state index contributed by atoms with van der Waals surface area (Å²) in [5.41, 5.74) is 2.44. The quantitative estimate of drug-likeness (QED) is 0.345. The minimum atomic E-state index is -0.453. The Hall–Kier alpha value is -3.85. The summed E-state index contributed by atoms with van der Waals surface area (Å²) in [6, 6.07) is 14.0. The molecule has 2 fully saturated rings. The number of amides is 3. The Labute approximate surface area is 244 Å². The zero-order valence-electron chi connectivity index (χ0n) is 23.4. The van der Waals surface area contributed by atoms with Gasteiger partial charge in [0.05, 0.1) is 22.9 Å². The van der Waals surface area contributed by atoms with E-state index in [2.05, 4.69) is 10.5 Å². The van der Waals surface area contributed by atoms with E-state index in [-0.39, 0.29) is 18.5 Å². The van der Waals surface area contributed by atoms with Gasteiger partial charge in [0.15, 0.2) is 0 Å². The predicted molar refractivity (Wildman–Crippen MR) is 156 cm³/mol. The molecule has 1 aromatic heterocycles. The van der Waals surface area contributed by atoms with Crippen LogP contribution in [0.15, 0.2) is 53.1 Å². The molecule has 2 aliphatic rings. The van der Waals surface area contributed by atoms with E-state index >= 15 is 0 Å². The summed E-state index contributed by atoms with van der Waals surface area (Å²) in [5, 5.41) is 7.57. The van der Waals surface area contributed by atoms with Crippen molar-refractivity contribution >= 4 is 35.2 Å². The summed E-state index contributed by atoms with van der Waals surface area (Å²) < 4.78 is 10.5. The highest BCUT2D eigenvalue weighted by Crippen LogP contribution is 2.35. The molecular formula is C31H35ClN4O5. The van der Waals surface area contributed by atoms with Crippen molar-refractivity contribution in [3.05, 3.63) is 70.4 Å². The molecule has 0 atom stereocenters. The van der Waals surface area contributed by atoms with Crippen LogP contribution in [0, 0.1) is 18.8 Å². The summed E-state index contributed by atoms with van der Waals surface area (Å²) in [6.45, 7) is 6.42. The van der Waals surface area contributed by atoms with Crippen LogP contribution in [-0.4, -0.2) is 65.6 Å². The number of rotatable bonds is 6. The molecule has 9 nitrogen and oxygen atoms in total. The van der Waals surface area contributed by atoms with Gasteiger partial charge in [-0.25, -0.2) is 9.59 Å². The van der Waals surface area contributed by atoms with Crippen molar-refractivity contribution < 1.29 is 23.6 Å². The van der Waals surface area contributed by atoms with Crippen LogP contribution >= 0.6 is 11.6 Å². The van der Waals surface area contributed by atoms with E-state index in [1.807, 2.05) is 28.0 Å². The maximum atomic E-state index is 13.5. The number of carbonyl (C=O) groups is 3. The van der Waals surface area contributed by atoms with Gasteiger partial charge in [-0.3, -0.25) is 4.79 Å². The molecule has 3 amide bonds. The van der Waals surface area contributed by atoms with Gasteiger partial charge in [-0.15, -0.1) is 0 Å². The molecule has 0 radical (unpaired) electrons. The largest absolute Gasteiger partial charge is 0.462 e. The highest BCUT2D eigenvalue weighted by Gasteiger charge is 2.34. The minimum Gasteiger partial charge on any atom is -0.462 e. The van der Waals surface area contributed by atoms with Gasteiger partial charge in [0.25, 0.3) is 5.91 Å². The fourth-order valence-electron chi connectivity index (χ4n) is 5.94. The maximum Gasteiger partial charge on any atom is 0.340 e. The van der Waals surface area contributed by atoms with Gasteiger partial charge in [0.1, 0.15) is 17.0 Å². The third kappa shape index (κ3) is 6.25. The van der Waals surface area contributed by atoms with Gasteiger partial charge in [-0.1, -0.05) is 47.1 Å². The topological polar surface area (TPSA) is 105 Å². The number of carbonyl (C=O) groups excluding carboxylic acids is 3. The number of likely N-dealkylation sites (tertiary alicyclic amines) is 2. The first-order chi connectivity index (χ1) is 19.9. The first-order valence-corrected chi connectivity index (χ1v) is 14.6. The van der Waals surface area contributed by atoms with E-state index in [1.54, 1.807) is 44.2 Å². The molecule has 0 bridgehead atoms. The van der Waals surface area contributed by atoms with Crippen LogP contribution in [-0.2, 0) is 4.74 Å². The maximum absolute atomic E-state index is 13.5. The number of nitrogens with zero attached hydrogens (tertiary/aromatic N) is 3. The van der Waals surface area contributed by atoms with E-state index in [0.29, 0.717) is 76.9 Å². The average Bonchev–Trinajstić information content (AvgIpc) is 3.38. The highest BCUT2D eigenvalue weighted by molar-refractivity contribution is 6.33. The second-order valence-corrected chi connectivity index (χ2v) is 11.0. The summed E-state index contributed by atoms with van der Waals surface area (Å²) in [6.07, 6.45) is 3.66. The van der Waals surface area contributed by atoms with Gasteiger partial charge in [0.2, 0.25) is 0 Å². The molecule has 0 spiro atoms. The molecular weight excluding hydrogens is 544 g/mol. The third-order valence-corrected chi connectivity index (χ3v) is 8.52. The molecule has 2 saturated heterocycles. The zero-order valence-corrected chi connectivity index (χ0v) is 24.2. The van der Waals surface area contributed by atoms with Gasteiger partial charge in [-0.05, 0) is 69.6 Å². The summed E-state index contributed by atoms with van der Waals surface area (Å²) >= 11 is 6.38. The lowest BCUT2D eigenvalue weighted by Gasteiger charge is -2.40. The Morgan fingerprint density at radius 2 is 1.56 bits per heavy atom. The number of aromatic nitrogens is 1. The lowest BCUT2D eigenvalue weighted by Crippen LogP contribution is -2.45. The van der Waals surface area contributed by atoms with E-state index in [1.165, 1.54) is 0 Å². The number of ether oxygens (including phenoxy) is 1. The molecule has 216 valence electrons. The van der Waals surface area contributed by atoms with Gasteiger partial charge in [-0.2, -0.15) is 0 Å². The van der Waals surface area contributed by atoms with Crippen molar-refractivity contribution in [3.8, 4) is 11.3 Å². The van der Waals surface area contributed by atoms with Crippen LogP contribution in [0.4, 0.5) is 10.5 Å². The minimum absolute atomic E-state index is 0.0771. The zero-order chi connectivity index (χ0) is 28.9. The Morgan fingerprint density at radius 3 is 2.22 bits per heavy atom. The smallest absolute Gasteiger partial charge is 0.340 e. The number of benzene rings is 2. The second kappa shape index (κ2) is 12.8. The summed E-state index contributed by atoms with van der Waals surface area (Å²) in [4.78, 5) is 42.5. The van der Waals surface area contributed by atoms with Crippen molar-refractivity contribution in [1.29, 1.82) is 0 Å². The van der Waals surface area contributed by atoms with E-state index in [0.717, 1.165) is 25.7 Å². The first-order valence-electron chi connectivity index (χ1n) is 14.2.